The minimum Gasteiger partial charge on any atom is -0.476 e. The number of carbonyl (C=O) groups is 1. The molecular formula is C12H18N2O3S. The Balaban J connectivity index is 2.28. The smallest absolute Gasteiger partial charge is 0.355 e. The van der Waals surface area contributed by atoms with Crippen LogP contribution in [0.25, 0.3) is 0 Å². The first-order valence-corrected chi connectivity index (χ1v) is 6.93. The number of ether oxygens (including phenoxy) is 1. The second-order valence-corrected chi connectivity index (χ2v) is 5.75. The molecule has 0 saturated carbocycles. The third-order valence-corrected chi connectivity index (χ3v) is 4.18. The summed E-state index contributed by atoms with van der Waals surface area (Å²) in [5.41, 5.74) is 0.170. The monoisotopic (exact) mass is 270 g/mol. The quantitative estimate of drug-likeness (QED) is 0.912. The minimum absolute atomic E-state index is 0.158. The Morgan fingerprint density at radius 3 is 2.94 bits per heavy atom. The zero-order chi connectivity index (χ0) is 13.3. The molecule has 2 atom stereocenters. The van der Waals surface area contributed by atoms with Crippen LogP contribution >= 0.6 is 11.3 Å². The van der Waals surface area contributed by atoms with Crippen LogP contribution in [0.3, 0.4) is 0 Å². The van der Waals surface area contributed by atoms with Gasteiger partial charge in [0.15, 0.2) is 10.8 Å². The van der Waals surface area contributed by atoms with E-state index >= 15 is 0 Å². The van der Waals surface area contributed by atoms with Crippen LogP contribution in [0, 0.1) is 6.92 Å². The van der Waals surface area contributed by atoms with Crippen molar-refractivity contribution >= 4 is 22.4 Å². The van der Waals surface area contributed by atoms with Crippen LogP contribution in [0.2, 0.25) is 0 Å². The molecule has 1 fully saturated rings. The molecule has 2 unspecified atom stereocenters. The van der Waals surface area contributed by atoms with Crippen molar-refractivity contribution in [2.75, 3.05) is 18.1 Å². The summed E-state index contributed by atoms with van der Waals surface area (Å²) in [6.07, 6.45) is 1.12. The third kappa shape index (κ3) is 2.49. The van der Waals surface area contributed by atoms with Gasteiger partial charge in [0.1, 0.15) is 0 Å². The van der Waals surface area contributed by atoms with Crippen molar-refractivity contribution in [2.24, 2.45) is 0 Å². The molecule has 1 saturated heterocycles. The molecule has 0 amide bonds. The number of hydrogen-bond acceptors (Lipinski definition) is 5. The molecule has 18 heavy (non-hydrogen) atoms. The lowest BCUT2D eigenvalue weighted by Gasteiger charge is -2.38. The van der Waals surface area contributed by atoms with Crippen LogP contribution in [0.5, 0.6) is 0 Å². The van der Waals surface area contributed by atoms with Crippen molar-refractivity contribution in [3.05, 3.63) is 10.6 Å². The Morgan fingerprint density at radius 1 is 1.67 bits per heavy atom. The van der Waals surface area contributed by atoms with E-state index in [-0.39, 0.29) is 17.8 Å². The first kappa shape index (κ1) is 13.3. The van der Waals surface area contributed by atoms with E-state index in [1.54, 1.807) is 6.92 Å². The summed E-state index contributed by atoms with van der Waals surface area (Å²) in [4.78, 5) is 18.2. The minimum atomic E-state index is -0.954. The molecule has 0 aromatic carbocycles. The second kappa shape index (κ2) is 5.24. The van der Waals surface area contributed by atoms with Crippen molar-refractivity contribution in [2.45, 2.75) is 39.3 Å². The summed E-state index contributed by atoms with van der Waals surface area (Å²) in [6, 6.07) is 0.286. The van der Waals surface area contributed by atoms with Crippen LogP contribution < -0.4 is 4.90 Å². The molecule has 1 aliphatic heterocycles. The van der Waals surface area contributed by atoms with Gasteiger partial charge in [-0.1, -0.05) is 6.92 Å². The number of aromatic carboxylic acids is 1. The molecule has 0 spiro atoms. The van der Waals surface area contributed by atoms with E-state index in [0.717, 1.165) is 23.0 Å². The average molecular weight is 270 g/mol. The average Bonchev–Trinajstić information content (AvgIpc) is 2.71. The van der Waals surface area contributed by atoms with E-state index < -0.39 is 5.97 Å². The van der Waals surface area contributed by atoms with Crippen molar-refractivity contribution in [3.8, 4) is 0 Å². The van der Waals surface area contributed by atoms with Crippen LogP contribution in [0.1, 0.15) is 35.6 Å². The molecule has 1 aliphatic rings. The molecule has 1 aromatic heterocycles. The molecule has 5 nitrogen and oxygen atoms in total. The lowest BCUT2D eigenvalue weighted by atomic mass is 10.1. The molecule has 100 valence electrons. The zero-order valence-corrected chi connectivity index (χ0v) is 11.7. The van der Waals surface area contributed by atoms with Crippen molar-refractivity contribution in [1.29, 1.82) is 0 Å². The summed E-state index contributed by atoms with van der Waals surface area (Å²) in [6.45, 7) is 7.38. The second-order valence-electron chi connectivity index (χ2n) is 4.56. The first-order chi connectivity index (χ1) is 8.52. The molecule has 1 aromatic rings. The SMILES string of the molecule is CCC1COC(C)CN1c1nc(C(=O)O)c(C)s1. The third-order valence-electron chi connectivity index (χ3n) is 3.17. The predicted molar refractivity (Wildman–Crippen MR) is 70.6 cm³/mol. The lowest BCUT2D eigenvalue weighted by Crippen LogP contribution is -2.48. The first-order valence-electron chi connectivity index (χ1n) is 6.11. The number of morpholine rings is 1. The Morgan fingerprint density at radius 2 is 2.39 bits per heavy atom. The highest BCUT2D eigenvalue weighted by atomic mass is 32.1. The Labute approximate surface area is 110 Å². The van der Waals surface area contributed by atoms with Crippen LogP contribution in [0.15, 0.2) is 0 Å². The summed E-state index contributed by atoms with van der Waals surface area (Å²) in [5, 5.41) is 9.85. The standard InChI is InChI=1S/C12H18N2O3S/c1-4-9-6-17-7(2)5-14(9)12-13-10(11(15)16)8(3)18-12/h7,9H,4-6H2,1-3H3,(H,15,16). The number of aryl methyl sites for hydroxylation is 1. The van der Waals surface area contributed by atoms with Gasteiger partial charge in [0.2, 0.25) is 0 Å². The van der Waals surface area contributed by atoms with Gasteiger partial charge in [0, 0.05) is 11.4 Å². The summed E-state index contributed by atoms with van der Waals surface area (Å²) >= 11 is 1.45. The summed E-state index contributed by atoms with van der Waals surface area (Å²) < 4.78 is 5.64. The van der Waals surface area contributed by atoms with E-state index in [0.29, 0.717) is 6.61 Å². The molecule has 2 rings (SSSR count). The number of hydrogen-bond donors (Lipinski definition) is 1. The molecular weight excluding hydrogens is 252 g/mol. The van der Waals surface area contributed by atoms with E-state index in [4.69, 9.17) is 9.84 Å². The van der Waals surface area contributed by atoms with Crippen LogP contribution in [-0.4, -0.2) is 41.4 Å². The van der Waals surface area contributed by atoms with Crippen LogP contribution in [0.4, 0.5) is 5.13 Å². The largest absolute Gasteiger partial charge is 0.476 e. The number of nitrogens with zero attached hydrogens (tertiary/aromatic N) is 2. The highest BCUT2D eigenvalue weighted by Gasteiger charge is 2.29. The van der Waals surface area contributed by atoms with Gasteiger partial charge in [-0.3, -0.25) is 0 Å². The number of carboxylic acids is 1. The molecule has 1 N–H and O–H groups in total. The van der Waals surface area contributed by atoms with Gasteiger partial charge in [-0.2, -0.15) is 0 Å². The number of carboxylic acid groups (broad SMARTS) is 1. The Hall–Kier alpha value is -1.14. The molecule has 0 aliphatic carbocycles. The van der Waals surface area contributed by atoms with E-state index in [2.05, 4.69) is 16.8 Å². The fourth-order valence-electron chi connectivity index (χ4n) is 2.12. The maximum atomic E-state index is 11.0. The van der Waals surface area contributed by atoms with E-state index in [9.17, 15) is 4.79 Å². The number of aromatic nitrogens is 1. The molecule has 6 heteroatoms. The normalized spacial score (nSPS) is 24.3. The highest BCUT2D eigenvalue weighted by Crippen LogP contribution is 2.30. The van der Waals surface area contributed by atoms with Gasteiger partial charge in [0.05, 0.1) is 18.8 Å². The van der Waals surface area contributed by atoms with Crippen molar-refractivity contribution in [1.82, 2.24) is 4.98 Å². The number of rotatable bonds is 3. The lowest BCUT2D eigenvalue weighted by molar-refractivity contribution is 0.0299. The zero-order valence-electron chi connectivity index (χ0n) is 10.8. The van der Waals surface area contributed by atoms with Gasteiger partial charge >= 0.3 is 5.97 Å². The molecule has 0 bridgehead atoms. The topological polar surface area (TPSA) is 62.7 Å². The van der Waals surface area contributed by atoms with Gasteiger partial charge in [-0.25, -0.2) is 9.78 Å². The van der Waals surface area contributed by atoms with Gasteiger partial charge in [-0.15, -0.1) is 11.3 Å². The molecule has 2 heterocycles. The summed E-state index contributed by atoms with van der Waals surface area (Å²) in [5.74, 6) is -0.954. The van der Waals surface area contributed by atoms with Gasteiger partial charge < -0.3 is 14.7 Å². The number of thiazole rings is 1. The van der Waals surface area contributed by atoms with E-state index in [1.165, 1.54) is 11.3 Å². The Bertz CT molecular complexity index is 447. The highest BCUT2D eigenvalue weighted by molar-refractivity contribution is 7.15. The van der Waals surface area contributed by atoms with Gasteiger partial charge in [0.25, 0.3) is 0 Å². The Kier molecular flexibility index (Phi) is 3.87. The van der Waals surface area contributed by atoms with Crippen molar-refractivity contribution in [3.63, 3.8) is 0 Å². The fourth-order valence-corrected chi connectivity index (χ4v) is 3.10. The van der Waals surface area contributed by atoms with Crippen LogP contribution in [-0.2, 0) is 4.74 Å². The maximum Gasteiger partial charge on any atom is 0.355 e. The number of anilines is 1. The van der Waals surface area contributed by atoms with E-state index in [1.807, 2.05) is 6.92 Å². The fraction of sp³-hybridized carbons (Fsp3) is 0.667. The summed E-state index contributed by atoms with van der Waals surface area (Å²) in [7, 11) is 0. The van der Waals surface area contributed by atoms with Gasteiger partial charge in [-0.05, 0) is 20.3 Å². The van der Waals surface area contributed by atoms with Crippen molar-refractivity contribution < 1.29 is 14.6 Å². The molecule has 0 radical (unpaired) electrons. The maximum absolute atomic E-state index is 11.0. The predicted octanol–water partition coefficient (Wildman–Crippen LogP) is 2.15.